The molecule has 1 unspecified atom stereocenters. The summed E-state index contributed by atoms with van der Waals surface area (Å²) < 4.78 is 28.2. The maximum Gasteiger partial charge on any atom is 0.302 e. The smallest absolute Gasteiger partial charge is 0.302 e. The number of para-hydroxylation sites is 1. The van der Waals surface area contributed by atoms with Crippen molar-refractivity contribution in [2.45, 2.75) is 32.2 Å². The molecule has 1 heterocycles. The maximum atomic E-state index is 12.4. The fourth-order valence-electron chi connectivity index (χ4n) is 2.40. The number of benzene rings is 1. The molecule has 1 atom stereocenters. The molecule has 116 valence electrons. The molecule has 2 N–H and O–H groups in total. The standard InChI is InChI=1S/C12H17N3O5S/c1-9-5-2-3-8-14(9)21(19,20)13-12-10(15(17)18)6-4-7-11(12)16/h4,6-7,9,13,16H,2-3,5,8H2,1H3. The van der Waals surface area contributed by atoms with Gasteiger partial charge in [-0.15, -0.1) is 0 Å². The van der Waals surface area contributed by atoms with Crippen LogP contribution in [0.25, 0.3) is 0 Å². The fourth-order valence-corrected chi connectivity index (χ4v) is 3.93. The highest BCUT2D eigenvalue weighted by Gasteiger charge is 2.32. The van der Waals surface area contributed by atoms with Crippen molar-refractivity contribution in [2.24, 2.45) is 0 Å². The average molecular weight is 315 g/mol. The summed E-state index contributed by atoms with van der Waals surface area (Å²) in [4.78, 5) is 10.2. The van der Waals surface area contributed by atoms with Gasteiger partial charge >= 0.3 is 10.2 Å². The van der Waals surface area contributed by atoms with Crippen molar-refractivity contribution in [1.29, 1.82) is 0 Å². The van der Waals surface area contributed by atoms with Gasteiger partial charge in [-0.25, -0.2) is 0 Å². The van der Waals surface area contributed by atoms with E-state index in [0.29, 0.717) is 6.54 Å². The summed E-state index contributed by atoms with van der Waals surface area (Å²) in [7, 11) is -3.95. The number of phenolic OH excluding ortho intramolecular Hbond substituents is 1. The van der Waals surface area contributed by atoms with E-state index < -0.39 is 32.3 Å². The molecule has 1 aromatic rings. The molecule has 0 saturated carbocycles. The molecule has 1 aromatic carbocycles. The number of rotatable bonds is 4. The minimum absolute atomic E-state index is 0.179. The number of hydrogen-bond donors (Lipinski definition) is 2. The van der Waals surface area contributed by atoms with Crippen LogP contribution in [0.4, 0.5) is 11.4 Å². The van der Waals surface area contributed by atoms with E-state index in [9.17, 15) is 23.6 Å². The molecule has 0 aromatic heterocycles. The first-order valence-corrected chi connectivity index (χ1v) is 8.03. The average Bonchev–Trinajstić information content (AvgIpc) is 2.41. The minimum atomic E-state index is -3.95. The number of aromatic hydroxyl groups is 1. The van der Waals surface area contributed by atoms with Crippen LogP contribution in [0.2, 0.25) is 0 Å². The zero-order valence-corrected chi connectivity index (χ0v) is 12.3. The van der Waals surface area contributed by atoms with Crippen LogP contribution in [0.3, 0.4) is 0 Å². The Balaban J connectivity index is 2.35. The number of nitro groups is 1. The van der Waals surface area contributed by atoms with Gasteiger partial charge in [0, 0.05) is 18.7 Å². The highest BCUT2D eigenvalue weighted by Crippen LogP contribution is 2.35. The first-order valence-electron chi connectivity index (χ1n) is 6.59. The molecule has 1 aliphatic heterocycles. The Bertz CT molecular complexity index is 646. The van der Waals surface area contributed by atoms with Crippen LogP contribution in [0.15, 0.2) is 18.2 Å². The summed E-state index contributed by atoms with van der Waals surface area (Å²) in [5.41, 5.74) is -0.886. The normalized spacial score (nSPS) is 20.1. The van der Waals surface area contributed by atoms with Gasteiger partial charge < -0.3 is 5.11 Å². The second-order valence-electron chi connectivity index (χ2n) is 4.99. The fraction of sp³-hybridized carbons (Fsp3) is 0.500. The van der Waals surface area contributed by atoms with Crippen LogP contribution in [-0.4, -0.2) is 35.3 Å². The second kappa shape index (κ2) is 5.86. The van der Waals surface area contributed by atoms with Crippen molar-refractivity contribution in [1.82, 2.24) is 4.31 Å². The van der Waals surface area contributed by atoms with Crippen molar-refractivity contribution in [3.05, 3.63) is 28.3 Å². The lowest BCUT2D eigenvalue weighted by Gasteiger charge is -2.32. The third-order valence-corrected chi connectivity index (χ3v) is 5.12. The first kappa shape index (κ1) is 15.5. The SMILES string of the molecule is CC1CCCCN1S(=O)(=O)Nc1c(O)cccc1[N+](=O)[O-]. The number of hydrogen-bond acceptors (Lipinski definition) is 5. The molecule has 2 rings (SSSR count). The van der Waals surface area contributed by atoms with E-state index in [1.54, 1.807) is 6.92 Å². The number of anilines is 1. The monoisotopic (exact) mass is 315 g/mol. The number of nitrogens with zero attached hydrogens (tertiary/aromatic N) is 2. The Morgan fingerprint density at radius 3 is 2.76 bits per heavy atom. The van der Waals surface area contributed by atoms with E-state index in [4.69, 9.17) is 0 Å². The van der Waals surface area contributed by atoms with Crippen molar-refractivity contribution in [3.63, 3.8) is 0 Å². The molecular weight excluding hydrogens is 298 g/mol. The Kier molecular flexibility index (Phi) is 4.33. The van der Waals surface area contributed by atoms with Crippen LogP contribution in [-0.2, 0) is 10.2 Å². The van der Waals surface area contributed by atoms with E-state index in [1.807, 2.05) is 0 Å². The molecule has 0 amide bonds. The third kappa shape index (κ3) is 3.24. The topological polar surface area (TPSA) is 113 Å². The Hall–Kier alpha value is -1.87. The zero-order valence-electron chi connectivity index (χ0n) is 11.5. The molecule has 21 heavy (non-hydrogen) atoms. The van der Waals surface area contributed by atoms with Gasteiger partial charge in [0.25, 0.3) is 5.69 Å². The Morgan fingerprint density at radius 2 is 2.14 bits per heavy atom. The van der Waals surface area contributed by atoms with E-state index in [0.717, 1.165) is 25.3 Å². The summed E-state index contributed by atoms with van der Waals surface area (Å²) in [6, 6.07) is 3.44. The van der Waals surface area contributed by atoms with E-state index in [1.165, 1.54) is 16.4 Å². The summed E-state index contributed by atoms with van der Waals surface area (Å²) in [6.07, 6.45) is 2.43. The zero-order chi connectivity index (χ0) is 15.6. The Labute approximate surface area is 122 Å². The summed E-state index contributed by atoms with van der Waals surface area (Å²) >= 11 is 0. The largest absolute Gasteiger partial charge is 0.505 e. The van der Waals surface area contributed by atoms with Gasteiger partial charge in [-0.1, -0.05) is 12.5 Å². The molecule has 8 nitrogen and oxygen atoms in total. The molecule has 1 saturated heterocycles. The molecule has 0 radical (unpaired) electrons. The van der Waals surface area contributed by atoms with Crippen LogP contribution in [0, 0.1) is 10.1 Å². The van der Waals surface area contributed by atoms with Crippen molar-refractivity contribution >= 4 is 21.6 Å². The predicted octanol–water partition coefficient (Wildman–Crippen LogP) is 1.83. The molecule has 0 aliphatic carbocycles. The third-order valence-electron chi connectivity index (χ3n) is 3.50. The van der Waals surface area contributed by atoms with Gasteiger partial charge in [-0.2, -0.15) is 12.7 Å². The van der Waals surface area contributed by atoms with Crippen LogP contribution in [0.1, 0.15) is 26.2 Å². The summed E-state index contributed by atoms with van der Waals surface area (Å²) in [5, 5.41) is 20.7. The van der Waals surface area contributed by atoms with Gasteiger partial charge in [0.1, 0.15) is 5.75 Å². The summed E-state index contributed by atoms with van der Waals surface area (Å²) in [6.45, 7) is 2.15. The van der Waals surface area contributed by atoms with Gasteiger partial charge in [0.05, 0.1) is 4.92 Å². The number of nitrogens with one attached hydrogen (secondary N) is 1. The van der Waals surface area contributed by atoms with Gasteiger partial charge in [-0.3, -0.25) is 14.8 Å². The van der Waals surface area contributed by atoms with Crippen LogP contribution >= 0.6 is 0 Å². The lowest BCUT2D eigenvalue weighted by Crippen LogP contribution is -2.44. The van der Waals surface area contributed by atoms with Gasteiger partial charge in [0.15, 0.2) is 5.69 Å². The Morgan fingerprint density at radius 1 is 1.43 bits per heavy atom. The summed E-state index contributed by atoms with van der Waals surface area (Å²) in [5.74, 6) is -0.475. The van der Waals surface area contributed by atoms with E-state index in [-0.39, 0.29) is 6.04 Å². The van der Waals surface area contributed by atoms with Gasteiger partial charge in [-0.05, 0) is 25.8 Å². The van der Waals surface area contributed by atoms with Crippen molar-refractivity contribution < 1.29 is 18.4 Å². The van der Waals surface area contributed by atoms with Crippen molar-refractivity contribution in [2.75, 3.05) is 11.3 Å². The van der Waals surface area contributed by atoms with E-state index >= 15 is 0 Å². The highest BCUT2D eigenvalue weighted by atomic mass is 32.2. The predicted molar refractivity (Wildman–Crippen MR) is 77.3 cm³/mol. The lowest BCUT2D eigenvalue weighted by molar-refractivity contribution is -0.384. The lowest BCUT2D eigenvalue weighted by atomic mass is 10.1. The molecule has 0 bridgehead atoms. The molecular formula is C12H17N3O5S. The minimum Gasteiger partial charge on any atom is -0.505 e. The maximum absolute atomic E-state index is 12.4. The quantitative estimate of drug-likeness (QED) is 0.500. The second-order valence-corrected chi connectivity index (χ2v) is 6.61. The number of phenols is 1. The van der Waals surface area contributed by atoms with E-state index in [2.05, 4.69) is 4.72 Å². The molecule has 1 fully saturated rings. The van der Waals surface area contributed by atoms with Crippen LogP contribution < -0.4 is 4.72 Å². The van der Waals surface area contributed by atoms with Crippen LogP contribution in [0.5, 0.6) is 5.75 Å². The number of nitro benzene ring substituents is 1. The molecule has 9 heteroatoms. The molecule has 0 spiro atoms. The molecule has 1 aliphatic rings. The number of piperidine rings is 1. The van der Waals surface area contributed by atoms with Gasteiger partial charge in [0.2, 0.25) is 0 Å². The van der Waals surface area contributed by atoms with Crippen molar-refractivity contribution in [3.8, 4) is 5.75 Å². The highest BCUT2D eigenvalue weighted by molar-refractivity contribution is 7.90. The first-order chi connectivity index (χ1) is 9.83.